The second-order valence-corrected chi connectivity index (χ2v) is 7.18. The van der Waals surface area contributed by atoms with Crippen LogP contribution in [-0.4, -0.2) is 49.0 Å². The van der Waals surface area contributed by atoms with E-state index in [1.54, 1.807) is 31.4 Å². The normalized spacial score (nSPS) is 14.1. The van der Waals surface area contributed by atoms with Gasteiger partial charge < -0.3 is 26.0 Å². The first-order chi connectivity index (χ1) is 14.5. The molecule has 0 atom stereocenters. The molecule has 4 amide bonds. The van der Waals surface area contributed by atoms with Crippen molar-refractivity contribution in [3.05, 3.63) is 59.7 Å². The topological polar surface area (TPSA) is 114 Å². The van der Waals surface area contributed by atoms with Gasteiger partial charge in [0.25, 0.3) is 5.91 Å². The summed E-state index contributed by atoms with van der Waals surface area (Å²) in [5, 5.41) is 5.47. The molecule has 0 spiro atoms. The van der Waals surface area contributed by atoms with E-state index in [9.17, 15) is 14.4 Å². The van der Waals surface area contributed by atoms with Gasteiger partial charge in [-0.05, 0) is 43.2 Å². The summed E-state index contributed by atoms with van der Waals surface area (Å²) >= 11 is 0. The van der Waals surface area contributed by atoms with Gasteiger partial charge >= 0.3 is 6.03 Å². The molecule has 0 unspecified atom stereocenters. The van der Waals surface area contributed by atoms with Crippen LogP contribution in [0.1, 0.15) is 28.8 Å². The Morgan fingerprint density at radius 1 is 1.07 bits per heavy atom. The van der Waals surface area contributed by atoms with E-state index in [2.05, 4.69) is 10.6 Å². The van der Waals surface area contributed by atoms with E-state index in [0.29, 0.717) is 49.4 Å². The van der Waals surface area contributed by atoms with Crippen molar-refractivity contribution in [1.29, 1.82) is 0 Å². The van der Waals surface area contributed by atoms with E-state index in [1.165, 1.54) is 0 Å². The number of primary amides is 1. The Morgan fingerprint density at radius 3 is 2.37 bits per heavy atom. The fourth-order valence-corrected chi connectivity index (χ4v) is 3.51. The van der Waals surface area contributed by atoms with Crippen molar-refractivity contribution >= 4 is 23.5 Å². The van der Waals surface area contributed by atoms with Gasteiger partial charge in [0.15, 0.2) is 0 Å². The predicted molar refractivity (Wildman–Crippen MR) is 113 cm³/mol. The highest BCUT2D eigenvalue weighted by atomic mass is 16.5. The number of amides is 4. The molecule has 2 aromatic rings. The first-order valence-electron chi connectivity index (χ1n) is 9.83. The number of para-hydroxylation sites is 1. The number of likely N-dealkylation sites (tertiary alicyclic amines) is 1. The Labute approximate surface area is 175 Å². The van der Waals surface area contributed by atoms with Crippen molar-refractivity contribution in [2.24, 2.45) is 5.73 Å². The third-order valence-corrected chi connectivity index (χ3v) is 5.13. The molecule has 8 nitrogen and oxygen atoms in total. The van der Waals surface area contributed by atoms with Crippen LogP contribution in [0.15, 0.2) is 48.5 Å². The predicted octanol–water partition coefficient (Wildman–Crippen LogP) is 2.15. The van der Waals surface area contributed by atoms with Crippen molar-refractivity contribution in [2.75, 3.05) is 25.5 Å². The number of piperidine rings is 1. The van der Waals surface area contributed by atoms with Gasteiger partial charge in [0.2, 0.25) is 5.91 Å². The summed E-state index contributed by atoms with van der Waals surface area (Å²) in [7, 11) is 1.60. The van der Waals surface area contributed by atoms with Crippen LogP contribution >= 0.6 is 0 Å². The number of nitrogens with two attached hydrogens (primary N) is 1. The van der Waals surface area contributed by atoms with Gasteiger partial charge in [-0.25, -0.2) is 4.79 Å². The molecular formula is C22H26N4O4. The summed E-state index contributed by atoms with van der Waals surface area (Å²) in [5.74, 6) is 0.589. The number of benzene rings is 2. The molecule has 1 fully saturated rings. The Kier molecular flexibility index (Phi) is 6.90. The number of nitrogens with zero attached hydrogens (tertiary/aromatic N) is 1. The molecule has 1 aliphatic heterocycles. The molecule has 2 aromatic carbocycles. The number of nitrogens with one attached hydrogen (secondary N) is 2. The molecule has 4 N–H and O–H groups in total. The highest BCUT2D eigenvalue weighted by Crippen LogP contribution is 2.20. The van der Waals surface area contributed by atoms with Gasteiger partial charge in [-0.15, -0.1) is 0 Å². The quantitative estimate of drug-likeness (QED) is 0.677. The molecular weight excluding hydrogens is 384 g/mol. The number of carbonyl (C=O) groups excluding carboxylic acids is 3. The zero-order valence-electron chi connectivity index (χ0n) is 16.9. The van der Waals surface area contributed by atoms with Gasteiger partial charge in [-0.2, -0.15) is 0 Å². The lowest BCUT2D eigenvalue weighted by Crippen LogP contribution is -2.47. The van der Waals surface area contributed by atoms with Crippen LogP contribution in [0.2, 0.25) is 0 Å². The molecule has 1 saturated heterocycles. The zero-order valence-corrected chi connectivity index (χ0v) is 16.9. The van der Waals surface area contributed by atoms with Crippen LogP contribution in [0.25, 0.3) is 0 Å². The summed E-state index contributed by atoms with van der Waals surface area (Å²) in [4.78, 5) is 37.8. The van der Waals surface area contributed by atoms with Gasteiger partial charge in [0.1, 0.15) is 5.75 Å². The fraction of sp³-hybridized carbons (Fsp3) is 0.318. The summed E-state index contributed by atoms with van der Waals surface area (Å²) < 4.78 is 5.32. The zero-order chi connectivity index (χ0) is 21.5. The number of urea groups is 1. The van der Waals surface area contributed by atoms with E-state index >= 15 is 0 Å². The van der Waals surface area contributed by atoms with Crippen molar-refractivity contribution in [3.8, 4) is 5.75 Å². The maximum Gasteiger partial charge on any atom is 0.316 e. The molecule has 1 aliphatic rings. The molecule has 0 aromatic heterocycles. The molecule has 158 valence electrons. The van der Waals surface area contributed by atoms with Crippen molar-refractivity contribution in [1.82, 2.24) is 10.2 Å². The standard InChI is InChI=1S/C22H26N4O4/c1-30-19-5-3-2-4-16(19)14-20(27)26-12-10-18(11-13-26)24-21(28)15-6-8-17(9-7-15)25-22(23)29/h2-9,18H,10-14H2,1H3,(H,24,28)(H3,23,25,29). The summed E-state index contributed by atoms with van der Waals surface area (Å²) in [6.45, 7) is 1.20. The number of ether oxygens (including phenoxy) is 1. The number of hydrogen-bond donors (Lipinski definition) is 3. The molecule has 1 heterocycles. The Hall–Kier alpha value is -3.55. The fourth-order valence-electron chi connectivity index (χ4n) is 3.51. The molecule has 8 heteroatoms. The van der Waals surface area contributed by atoms with Crippen molar-refractivity contribution < 1.29 is 19.1 Å². The van der Waals surface area contributed by atoms with Crippen molar-refractivity contribution in [2.45, 2.75) is 25.3 Å². The number of carbonyl (C=O) groups is 3. The van der Waals surface area contributed by atoms with Gasteiger partial charge in [-0.3, -0.25) is 9.59 Å². The van der Waals surface area contributed by atoms with Crippen LogP contribution < -0.4 is 21.1 Å². The molecule has 30 heavy (non-hydrogen) atoms. The largest absolute Gasteiger partial charge is 0.496 e. The number of methoxy groups -OCH3 is 1. The van der Waals surface area contributed by atoms with Crippen LogP contribution in [0.4, 0.5) is 10.5 Å². The second-order valence-electron chi connectivity index (χ2n) is 7.18. The van der Waals surface area contributed by atoms with Crippen molar-refractivity contribution in [3.63, 3.8) is 0 Å². The molecule has 0 saturated carbocycles. The van der Waals surface area contributed by atoms with E-state index < -0.39 is 6.03 Å². The first kappa shape index (κ1) is 21.2. The molecule has 0 bridgehead atoms. The van der Waals surface area contributed by atoms with Crippen LogP contribution in [0.3, 0.4) is 0 Å². The number of rotatable bonds is 6. The summed E-state index contributed by atoms with van der Waals surface area (Å²) in [5.41, 5.74) is 6.97. The highest BCUT2D eigenvalue weighted by Gasteiger charge is 2.24. The Bertz CT molecular complexity index is 906. The van der Waals surface area contributed by atoms with E-state index in [0.717, 1.165) is 5.56 Å². The van der Waals surface area contributed by atoms with Gasteiger partial charge in [0.05, 0.1) is 13.5 Å². The average molecular weight is 410 g/mol. The average Bonchev–Trinajstić information content (AvgIpc) is 2.74. The molecule has 0 radical (unpaired) electrons. The van der Waals surface area contributed by atoms with Gasteiger partial charge in [0, 0.05) is 35.9 Å². The molecule has 0 aliphatic carbocycles. The lowest BCUT2D eigenvalue weighted by atomic mass is 10.0. The third-order valence-electron chi connectivity index (χ3n) is 5.13. The SMILES string of the molecule is COc1ccccc1CC(=O)N1CCC(NC(=O)c2ccc(NC(N)=O)cc2)CC1. The maximum atomic E-state index is 12.6. The van der Waals surface area contributed by atoms with E-state index in [-0.39, 0.29) is 17.9 Å². The third kappa shape index (κ3) is 5.50. The Morgan fingerprint density at radius 2 is 1.73 bits per heavy atom. The minimum absolute atomic E-state index is 0.0104. The van der Waals surface area contributed by atoms with E-state index in [1.807, 2.05) is 29.2 Å². The first-order valence-corrected chi connectivity index (χ1v) is 9.83. The minimum atomic E-state index is -0.654. The molecule has 3 rings (SSSR count). The summed E-state index contributed by atoms with van der Waals surface area (Å²) in [6, 6.07) is 13.4. The monoisotopic (exact) mass is 410 g/mol. The van der Waals surface area contributed by atoms with Gasteiger partial charge in [-0.1, -0.05) is 18.2 Å². The minimum Gasteiger partial charge on any atom is -0.496 e. The second kappa shape index (κ2) is 9.78. The number of anilines is 1. The lowest BCUT2D eigenvalue weighted by Gasteiger charge is -2.32. The van der Waals surface area contributed by atoms with Crippen LogP contribution in [-0.2, 0) is 11.2 Å². The van der Waals surface area contributed by atoms with E-state index in [4.69, 9.17) is 10.5 Å². The van der Waals surface area contributed by atoms with Crippen LogP contribution in [0, 0.1) is 0 Å². The number of hydrogen-bond acceptors (Lipinski definition) is 4. The summed E-state index contributed by atoms with van der Waals surface area (Å²) in [6.07, 6.45) is 1.70. The highest BCUT2D eigenvalue weighted by molar-refractivity contribution is 5.95. The Balaban J connectivity index is 1.48. The smallest absolute Gasteiger partial charge is 0.316 e. The lowest BCUT2D eigenvalue weighted by molar-refractivity contribution is -0.131. The maximum absolute atomic E-state index is 12.6. The van der Waals surface area contributed by atoms with Crippen LogP contribution in [0.5, 0.6) is 5.75 Å².